The highest BCUT2D eigenvalue weighted by Crippen LogP contribution is 2.44. The molecule has 186 valence electrons. The normalized spacial score (nSPS) is 18.7. The standard InChI is InChI=1S/C25H37ClN4O3Si/c1-23(2,3)33-22(31)30-16-25(7,11-13-32-34(8,9)24(4,5)6)18-14-17(15-28-20(18)30)19-10-12-27-21(26)29-19/h10,12,14-15H,11,13,16H2,1-9H3. The Bertz CT molecular complexity index is 1060. The lowest BCUT2D eigenvalue weighted by molar-refractivity contribution is 0.0576. The number of carbonyl (C=O) groups excluding carboxylic acids is 1. The molecular weight excluding hydrogens is 468 g/mol. The zero-order valence-electron chi connectivity index (χ0n) is 21.8. The monoisotopic (exact) mass is 504 g/mol. The number of amides is 1. The van der Waals surface area contributed by atoms with Gasteiger partial charge >= 0.3 is 6.09 Å². The summed E-state index contributed by atoms with van der Waals surface area (Å²) >= 11 is 6.02. The third-order valence-corrected chi connectivity index (χ3v) is 11.5. The van der Waals surface area contributed by atoms with Gasteiger partial charge in [-0.25, -0.2) is 19.7 Å². The van der Waals surface area contributed by atoms with Crippen LogP contribution in [0.3, 0.4) is 0 Å². The van der Waals surface area contributed by atoms with Crippen molar-refractivity contribution < 1.29 is 14.0 Å². The van der Waals surface area contributed by atoms with Crippen LogP contribution >= 0.6 is 11.6 Å². The highest BCUT2D eigenvalue weighted by atomic mass is 35.5. The van der Waals surface area contributed by atoms with E-state index in [0.717, 1.165) is 17.5 Å². The summed E-state index contributed by atoms with van der Waals surface area (Å²) in [4.78, 5) is 27.7. The lowest BCUT2D eigenvalue weighted by Crippen LogP contribution is -2.43. The highest BCUT2D eigenvalue weighted by Gasteiger charge is 2.45. The Morgan fingerprint density at radius 2 is 1.88 bits per heavy atom. The molecule has 0 N–H and O–H groups in total. The van der Waals surface area contributed by atoms with E-state index in [1.165, 1.54) is 0 Å². The molecule has 1 unspecified atom stereocenters. The van der Waals surface area contributed by atoms with Gasteiger partial charge in [-0.1, -0.05) is 27.7 Å². The maximum absolute atomic E-state index is 13.1. The summed E-state index contributed by atoms with van der Waals surface area (Å²) in [5.74, 6) is 0.618. The summed E-state index contributed by atoms with van der Waals surface area (Å²) in [6.45, 7) is 20.0. The Morgan fingerprint density at radius 3 is 2.47 bits per heavy atom. The van der Waals surface area contributed by atoms with Crippen molar-refractivity contribution >= 4 is 31.8 Å². The topological polar surface area (TPSA) is 77.4 Å². The van der Waals surface area contributed by atoms with E-state index in [0.29, 0.717) is 24.7 Å². The van der Waals surface area contributed by atoms with Crippen molar-refractivity contribution in [1.82, 2.24) is 15.0 Å². The van der Waals surface area contributed by atoms with Gasteiger partial charge in [-0.05, 0) is 69.1 Å². The number of hydrogen-bond acceptors (Lipinski definition) is 6. The Balaban J connectivity index is 1.96. The van der Waals surface area contributed by atoms with Crippen LogP contribution in [0.15, 0.2) is 24.5 Å². The lowest BCUT2D eigenvalue weighted by Gasteiger charge is -2.37. The SMILES string of the molecule is CC(C)(C)OC(=O)N1CC(C)(CCO[Si](C)(C)C(C)(C)C)c2cc(-c3ccnc(Cl)n3)cnc21. The number of hydrogen-bond donors (Lipinski definition) is 0. The van der Waals surface area contributed by atoms with E-state index in [1.807, 2.05) is 20.8 Å². The Morgan fingerprint density at radius 1 is 1.21 bits per heavy atom. The molecule has 0 spiro atoms. The second-order valence-electron chi connectivity index (χ2n) is 11.8. The minimum absolute atomic E-state index is 0.130. The average molecular weight is 505 g/mol. The van der Waals surface area contributed by atoms with Crippen LogP contribution in [0.4, 0.5) is 10.6 Å². The first kappa shape index (κ1) is 26.6. The second-order valence-corrected chi connectivity index (χ2v) is 16.9. The number of aromatic nitrogens is 3. The number of pyridine rings is 1. The van der Waals surface area contributed by atoms with E-state index in [-0.39, 0.29) is 15.7 Å². The molecule has 3 heterocycles. The number of rotatable bonds is 5. The molecule has 3 rings (SSSR count). The van der Waals surface area contributed by atoms with Crippen molar-refractivity contribution in [3.05, 3.63) is 35.4 Å². The number of fused-ring (bicyclic) bond motifs is 1. The predicted octanol–water partition coefficient (Wildman–Crippen LogP) is 6.62. The van der Waals surface area contributed by atoms with E-state index in [9.17, 15) is 4.79 Å². The van der Waals surface area contributed by atoms with E-state index in [4.69, 9.17) is 20.8 Å². The number of ether oxygens (including phenoxy) is 1. The van der Waals surface area contributed by atoms with Gasteiger partial charge in [-0.15, -0.1) is 0 Å². The molecule has 0 aliphatic carbocycles. The third kappa shape index (κ3) is 5.78. The maximum Gasteiger partial charge on any atom is 0.416 e. The summed E-state index contributed by atoms with van der Waals surface area (Å²) in [5.41, 5.74) is 1.54. The molecule has 0 radical (unpaired) electrons. The van der Waals surface area contributed by atoms with Crippen LogP contribution in [0.5, 0.6) is 0 Å². The molecule has 0 bridgehead atoms. The Kier molecular flexibility index (Phi) is 7.19. The average Bonchev–Trinajstić information content (AvgIpc) is 2.98. The fourth-order valence-electron chi connectivity index (χ4n) is 3.69. The van der Waals surface area contributed by atoms with Crippen LogP contribution in [0.2, 0.25) is 23.4 Å². The number of anilines is 1. The molecule has 2 aromatic heterocycles. The highest BCUT2D eigenvalue weighted by molar-refractivity contribution is 6.74. The van der Waals surface area contributed by atoms with Gasteiger partial charge in [0.1, 0.15) is 11.4 Å². The minimum atomic E-state index is -1.89. The van der Waals surface area contributed by atoms with E-state index in [2.05, 4.69) is 61.8 Å². The van der Waals surface area contributed by atoms with Crippen molar-refractivity contribution in [3.8, 4) is 11.3 Å². The molecule has 34 heavy (non-hydrogen) atoms. The maximum atomic E-state index is 13.1. The Labute approximate surface area is 209 Å². The third-order valence-electron chi connectivity index (χ3n) is 6.74. The first-order valence-corrected chi connectivity index (χ1v) is 14.9. The summed E-state index contributed by atoms with van der Waals surface area (Å²) in [6.07, 6.45) is 3.69. The van der Waals surface area contributed by atoms with Crippen LogP contribution in [-0.4, -0.2) is 48.1 Å². The van der Waals surface area contributed by atoms with Crippen LogP contribution in [-0.2, 0) is 14.6 Å². The van der Waals surface area contributed by atoms with Crippen molar-refractivity contribution in [2.45, 2.75) is 84.0 Å². The fourth-order valence-corrected chi connectivity index (χ4v) is 4.88. The van der Waals surface area contributed by atoms with Crippen molar-refractivity contribution in [2.24, 2.45) is 0 Å². The zero-order chi connectivity index (χ0) is 25.5. The molecule has 1 amide bonds. The van der Waals surface area contributed by atoms with Crippen molar-refractivity contribution in [3.63, 3.8) is 0 Å². The molecule has 1 atom stereocenters. The summed E-state index contributed by atoms with van der Waals surface area (Å²) in [7, 11) is -1.89. The molecule has 1 aliphatic rings. The summed E-state index contributed by atoms with van der Waals surface area (Å²) < 4.78 is 12.2. The molecule has 0 saturated heterocycles. The van der Waals surface area contributed by atoms with Crippen molar-refractivity contribution in [2.75, 3.05) is 18.1 Å². The van der Waals surface area contributed by atoms with Gasteiger partial charge in [0.05, 0.1) is 5.69 Å². The first-order chi connectivity index (χ1) is 15.5. The summed E-state index contributed by atoms with van der Waals surface area (Å²) in [6, 6.07) is 3.85. The molecule has 0 aromatic carbocycles. The van der Waals surface area contributed by atoms with Gasteiger partial charge in [0.2, 0.25) is 5.28 Å². The second kappa shape index (κ2) is 9.20. The first-order valence-electron chi connectivity index (χ1n) is 11.7. The molecule has 7 nitrogen and oxygen atoms in total. The quantitative estimate of drug-likeness (QED) is 0.336. The lowest BCUT2D eigenvalue weighted by atomic mass is 9.82. The number of nitrogens with zero attached hydrogens (tertiary/aromatic N) is 4. The van der Waals surface area contributed by atoms with Gasteiger partial charge in [-0.2, -0.15) is 0 Å². The van der Waals surface area contributed by atoms with Gasteiger partial charge in [-0.3, -0.25) is 4.90 Å². The largest absolute Gasteiger partial charge is 0.443 e. The van der Waals surface area contributed by atoms with E-state index < -0.39 is 20.0 Å². The number of carbonyl (C=O) groups is 1. The van der Waals surface area contributed by atoms with Gasteiger partial charge in [0.25, 0.3) is 0 Å². The Hall–Kier alpha value is -2.03. The van der Waals surface area contributed by atoms with Crippen LogP contribution in [0.1, 0.15) is 60.5 Å². The smallest absolute Gasteiger partial charge is 0.416 e. The van der Waals surface area contributed by atoms with Gasteiger partial charge in [0, 0.05) is 42.1 Å². The number of halogens is 1. The van der Waals surface area contributed by atoms with Crippen molar-refractivity contribution in [1.29, 1.82) is 0 Å². The predicted molar refractivity (Wildman–Crippen MR) is 139 cm³/mol. The van der Waals surface area contributed by atoms with Crippen LogP contribution in [0.25, 0.3) is 11.3 Å². The van der Waals surface area contributed by atoms with E-state index >= 15 is 0 Å². The fraction of sp³-hybridized carbons (Fsp3) is 0.600. The molecule has 0 saturated carbocycles. The van der Waals surface area contributed by atoms with Gasteiger partial charge in [0.15, 0.2) is 8.32 Å². The molecule has 2 aromatic rings. The molecule has 9 heteroatoms. The van der Waals surface area contributed by atoms with Crippen LogP contribution in [0, 0.1) is 0 Å². The summed E-state index contributed by atoms with van der Waals surface area (Å²) in [5, 5.41) is 0.310. The zero-order valence-corrected chi connectivity index (χ0v) is 23.6. The molecular formula is C25H37ClN4O3Si. The minimum Gasteiger partial charge on any atom is -0.443 e. The molecule has 1 aliphatic heterocycles. The van der Waals surface area contributed by atoms with Gasteiger partial charge < -0.3 is 9.16 Å². The van der Waals surface area contributed by atoms with E-state index in [1.54, 1.807) is 23.4 Å². The molecule has 0 fully saturated rings. The van der Waals surface area contributed by atoms with Crippen LogP contribution < -0.4 is 4.90 Å².